The molecule has 1 amide bonds. The number of thiophene rings is 1. The van der Waals surface area contributed by atoms with Crippen LogP contribution in [0, 0.1) is 0 Å². The topological polar surface area (TPSA) is 42.0 Å². The lowest BCUT2D eigenvalue weighted by atomic mass is 10.0. The van der Waals surface area contributed by atoms with Gasteiger partial charge in [0.15, 0.2) is 5.13 Å². The summed E-state index contributed by atoms with van der Waals surface area (Å²) in [5.41, 5.74) is 1.41. The zero-order valence-electron chi connectivity index (χ0n) is 11.6. The van der Waals surface area contributed by atoms with Crippen molar-refractivity contribution in [1.29, 1.82) is 0 Å². The van der Waals surface area contributed by atoms with E-state index in [2.05, 4.69) is 26.2 Å². The molecular weight excluding hydrogens is 416 g/mol. The van der Waals surface area contributed by atoms with E-state index in [0.717, 1.165) is 14.9 Å². The molecule has 1 aromatic carbocycles. The molecule has 0 radical (unpaired) electrons. The Labute approximate surface area is 154 Å². The maximum Gasteiger partial charge on any atom is 0.258 e. The number of thiazole rings is 1. The van der Waals surface area contributed by atoms with E-state index in [0.29, 0.717) is 15.0 Å². The zero-order chi connectivity index (χ0) is 16.2. The third kappa shape index (κ3) is 4.29. The molecule has 0 atom stereocenters. The molecule has 0 bridgehead atoms. The van der Waals surface area contributed by atoms with E-state index in [1.807, 2.05) is 47.9 Å². The summed E-state index contributed by atoms with van der Waals surface area (Å²) in [4.78, 5) is 17.7. The summed E-state index contributed by atoms with van der Waals surface area (Å²) >= 11 is 12.1. The molecule has 2 heterocycles. The molecule has 116 valence electrons. The van der Waals surface area contributed by atoms with Crippen LogP contribution in [0.15, 0.2) is 52.4 Å². The number of nitrogens with one attached hydrogen (secondary N) is 1. The standard InChI is InChI=1S/C16H10BrClN2OS2/c17-11-5-3-10(4-6-11)13(8-12-2-1-7-22-12)15(21)20-16-19-9-14(18)23-16/h1-9H,(H,19,20,21)/b13-8+. The van der Waals surface area contributed by atoms with E-state index in [9.17, 15) is 4.79 Å². The van der Waals surface area contributed by atoms with E-state index in [1.165, 1.54) is 17.5 Å². The molecule has 2 aromatic heterocycles. The molecule has 23 heavy (non-hydrogen) atoms. The van der Waals surface area contributed by atoms with Gasteiger partial charge in [0.1, 0.15) is 4.34 Å². The quantitative estimate of drug-likeness (QED) is 0.537. The van der Waals surface area contributed by atoms with Crippen molar-refractivity contribution in [2.75, 3.05) is 5.32 Å². The lowest BCUT2D eigenvalue weighted by Gasteiger charge is -2.07. The minimum atomic E-state index is -0.216. The Morgan fingerprint density at radius 2 is 2.04 bits per heavy atom. The number of rotatable bonds is 4. The van der Waals surface area contributed by atoms with Gasteiger partial charge in [-0.2, -0.15) is 0 Å². The van der Waals surface area contributed by atoms with Crippen molar-refractivity contribution in [3.8, 4) is 0 Å². The van der Waals surface area contributed by atoms with Crippen molar-refractivity contribution in [3.63, 3.8) is 0 Å². The SMILES string of the molecule is O=C(Nc1ncc(Cl)s1)/C(=C/c1cccs1)c1ccc(Br)cc1. The van der Waals surface area contributed by atoms with Gasteiger partial charge in [0.2, 0.25) is 0 Å². The molecular formula is C16H10BrClN2OS2. The van der Waals surface area contributed by atoms with Gasteiger partial charge >= 0.3 is 0 Å². The lowest BCUT2D eigenvalue weighted by Crippen LogP contribution is -2.13. The van der Waals surface area contributed by atoms with Crippen molar-refractivity contribution in [2.24, 2.45) is 0 Å². The smallest absolute Gasteiger partial charge is 0.258 e. The summed E-state index contributed by atoms with van der Waals surface area (Å²) in [7, 11) is 0. The Morgan fingerprint density at radius 1 is 1.26 bits per heavy atom. The fraction of sp³-hybridized carbons (Fsp3) is 0. The van der Waals surface area contributed by atoms with E-state index in [-0.39, 0.29) is 5.91 Å². The van der Waals surface area contributed by atoms with Crippen LogP contribution in [0.3, 0.4) is 0 Å². The first-order valence-electron chi connectivity index (χ1n) is 6.55. The normalized spacial score (nSPS) is 11.5. The second-order valence-electron chi connectivity index (χ2n) is 4.50. The average molecular weight is 426 g/mol. The van der Waals surface area contributed by atoms with Gasteiger partial charge in [0.05, 0.1) is 6.20 Å². The van der Waals surface area contributed by atoms with Gasteiger partial charge in [-0.1, -0.05) is 57.1 Å². The van der Waals surface area contributed by atoms with Gasteiger partial charge in [-0.15, -0.1) is 11.3 Å². The lowest BCUT2D eigenvalue weighted by molar-refractivity contribution is -0.111. The van der Waals surface area contributed by atoms with Crippen LogP contribution < -0.4 is 5.32 Å². The van der Waals surface area contributed by atoms with Crippen LogP contribution in [0.2, 0.25) is 4.34 Å². The molecule has 3 nitrogen and oxygen atoms in total. The Morgan fingerprint density at radius 3 is 2.65 bits per heavy atom. The maximum absolute atomic E-state index is 12.7. The minimum absolute atomic E-state index is 0.216. The number of amides is 1. The molecule has 0 aliphatic rings. The fourth-order valence-electron chi connectivity index (χ4n) is 1.90. The Balaban J connectivity index is 1.94. The molecule has 3 rings (SSSR count). The zero-order valence-corrected chi connectivity index (χ0v) is 15.6. The predicted molar refractivity (Wildman–Crippen MR) is 102 cm³/mol. The molecule has 1 N–H and O–H groups in total. The van der Waals surface area contributed by atoms with E-state index in [1.54, 1.807) is 11.3 Å². The van der Waals surface area contributed by atoms with E-state index in [4.69, 9.17) is 11.6 Å². The van der Waals surface area contributed by atoms with Gasteiger partial charge < -0.3 is 0 Å². The number of halogens is 2. The summed E-state index contributed by atoms with van der Waals surface area (Å²) < 4.78 is 1.50. The highest BCUT2D eigenvalue weighted by Gasteiger charge is 2.14. The monoisotopic (exact) mass is 424 g/mol. The van der Waals surface area contributed by atoms with Gasteiger partial charge in [-0.05, 0) is 35.2 Å². The van der Waals surface area contributed by atoms with Crippen molar-refractivity contribution in [3.05, 3.63) is 67.2 Å². The second-order valence-corrected chi connectivity index (χ2v) is 8.06. The number of aromatic nitrogens is 1. The minimum Gasteiger partial charge on any atom is -0.298 e. The molecule has 0 fully saturated rings. The molecule has 0 unspecified atom stereocenters. The molecule has 0 saturated heterocycles. The van der Waals surface area contributed by atoms with Crippen LogP contribution in [-0.4, -0.2) is 10.9 Å². The number of carbonyl (C=O) groups is 1. The van der Waals surface area contributed by atoms with E-state index >= 15 is 0 Å². The molecule has 0 spiro atoms. The predicted octanol–water partition coefficient (Wildman–Crippen LogP) is 5.80. The second kappa shape index (κ2) is 7.40. The first-order valence-corrected chi connectivity index (χ1v) is 9.42. The molecule has 3 aromatic rings. The molecule has 0 saturated carbocycles. The van der Waals surface area contributed by atoms with Crippen LogP contribution in [0.1, 0.15) is 10.4 Å². The van der Waals surface area contributed by atoms with Crippen molar-refractivity contribution in [1.82, 2.24) is 4.98 Å². The molecule has 0 aliphatic heterocycles. The Hall–Kier alpha value is -1.47. The fourth-order valence-corrected chi connectivity index (χ4v) is 3.63. The number of hydrogen-bond donors (Lipinski definition) is 1. The van der Waals surface area contributed by atoms with Crippen LogP contribution in [0.5, 0.6) is 0 Å². The Kier molecular flexibility index (Phi) is 5.27. The highest BCUT2D eigenvalue weighted by atomic mass is 79.9. The van der Waals surface area contributed by atoms with Gasteiger partial charge in [0.25, 0.3) is 5.91 Å². The van der Waals surface area contributed by atoms with Gasteiger partial charge in [0, 0.05) is 14.9 Å². The third-order valence-corrected chi connectivity index (χ3v) is 5.31. The van der Waals surface area contributed by atoms with Crippen molar-refractivity contribution < 1.29 is 4.79 Å². The summed E-state index contributed by atoms with van der Waals surface area (Å²) in [5, 5.41) is 5.25. The Bertz CT molecular complexity index is 841. The number of carbonyl (C=O) groups excluding carboxylic acids is 1. The van der Waals surface area contributed by atoms with Crippen molar-refractivity contribution in [2.45, 2.75) is 0 Å². The molecule has 7 heteroatoms. The number of hydrogen-bond acceptors (Lipinski definition) is 4. The summed E-state index contributed by atoms with van der Waals surface area (Å²) in [6, 6.07) is 11.5. The van der Waals surface area contributed by atoms with Crippen LogP contribution >= 0.6 is 50.2 Å². The highest BCUT2D eigenvalue weighted by molar-refractivity contribution is 9.10. The average Bonchev–Trinajstić information content (AvgIpc) is 3.17. The van der Waals surface area contributed by atoms with Crippen molar-refractivity contribution >= 4 is 72.9 Å². The summed E-state index contributed by atoms with van der Waals surface area (Å²) in [6.45, 7) is 0. The summed E-state index contributed by atoms with van der Waals surface area (Å²) in [6.07, 6.45) is 3.39. The number of anilines is 1. The largest absolute Gasteiger partial charge is 0.298 e. The number of benzene rings is 1. The molecule has 0 aliphatic carbocycles. The first-order chi connectivity index (χ1) is 11.1. The van der Waals surface area contributed by atoms with E-state index < -0.39 is 0 Å². The third-order valence-electron chi connectivity index (χ3n) is 2.93. The van der Waals surface area contributed by atoms with Crippen LogP contribution in [0.4, 0.5) is 5.13 Å². The van der Waals surface area contributed by atoms with Crippen LogP contribution in [0.25, 0.3) is 11.6 Å². The first kappa shape index (κ1) is 16.4. The summed E-state index contributed by atoms with van der Waals surface area (Å²) in [5.74, 6) is -0.216. The maximum atomic E-state index is 12.7. The highest BCUT2D eigenvalue weighted by Crippen LogP contribution is 2.27. The number of nitrogens with zero attached hydrogens (tertiary/aromatic N) is 1. The van der Waals surface area contributed by atoms with Gasteiger partial charge in [-0.3, -0.25) is 10.1 Å². The van der Waals surface area contributed by atoms with Crippen LogP contribution in [-0.2, 0) is 4.79 Å². The van der Waals surface area contributed by atoms with Gasteiger partial charge in [-0.25, -0.2) is 4.98 Å².